The van der Waals surface area contributed by atoms with Crippen molar-refractivity contribution < 1.29 is 24.2 Å². The van der Waals surface area contributed by atoms with E-state index in [2.05, 4.69) is 21.2 Å². The topological polar surface area (TPSA) is 89.9 Å². The Morgan fingerprint density at radius 1 is 1.11 bits per heavy atom. The Bertz CT molecular complexity index is 852. The third kappa shape index (κ3) is 4.35. The normalized spacial score (nSPS) is 15.2. The van der Waals surface area contributed by atoms with Gasteiger partial charge in [0.1, 0.15) is 5.82 Å². The van der Waals surface area contributed by atoms with Crippen LogP contribution in [0.4, 0.5) is 4.39 Å². The molecule has 0 spiro atoms. The summed E-state index contributed by atoms with van der Waals surface area (Å²) >= 11 is 3.03. The van der Waals surface area contributed by atoms with Crippen molar-refractivity contribution in [2.24, 2.45) is 0 Å². The van der Waals surface area contributed by atoms with E-state index in [0.717, 1.165) is 11.1 Å². The largest absolute Gasteiger partial charge is 0.380 e. The number of nitrogens with zero attached hydrogens (tertiary/aromatic N) is 1. The first-order chi connectivity index (χ1) is 12.9. The minimum absolute atomic E-state index is 0.0455. The summed E-state index contributed by atoms with van der Waals surface area (Å²) in [7, 11) is 0. The average molecular weight is 437 g/mol. The maximum absolute atomic E-state index is 13.5. The van der Waals surface area contributed by atoms with Crippen LogP contribution in [0.3, 0.4) is 0 Å². The van der Waals surface area contributed by atoms with Crippen molar-refractivity contribution in [3.63, 3.8) is 0 Å². The van der Waals surface area contributed by atoms with Crippen LogP contribution in [0.2, 0.25) is 0 Å². The van der Waals surface area contributed by atoms with Gasteiger partial charge < -0.3 is 20.4 Å². The zero-order valence-electron chi connectivity index (χ0n) is 14.2. The smallest absolute Gasteiger partial charge is 0.255 e. The summed E-state index contributed by atoms with van der Waals surface area (Å²) in [5.74, 6) is -2.11. The van der Waals surface area contributed by atoms with Gasteiger partial charge in [0.25, 0.3) is 11.8 Å². The molecule has 0 radical (unpaired) electrons. The van der Waals surface area contributed by atoms with Crippen LogP contribution in [0.5, 0.6) is 0 Å². The molecular formula is C19H18BrFN2O4. The number of nitrogens with one attached hydrogen (secondary N) is 1. The van der Waals surface area contributed by atoms with Crippen LogP contribution >= 0.6 is 15.9 Å². The lowest BCUT2D eigenvalue weighted by Crippen LogP contribution is -2.49. The molecule has 0 unspecified atom stereocenters. The molecule has 0 saturated heterocycles. The van der Waals surface area contributed by atoms with Gasteiger partial charge in [-0.05, 0) is 44.8 Å². The lowest BCUT2D eigenvalue weighted by atomic mass is 10.1. The van der Waals surface area contributed by atoms with Gasteiger partial charge in [-0.3, -0.25) is 9.59 Å². The van der Waals surface area contributed by atoms with Gasteiger partial charge in [0.2, 0.25) is 0 Å². The molecule has 3 rings (SSSR count). The zero-order chi connectivity index (χ0) is 19.6. The SMILES string of the molecule is O=C(NCc1ccc(Br)c(F)c1)[C@H](O)[C@@H](O)C(=O)N1Cc2ccccc2C1. The quantitative estimate of drug-likeness (QED) is 0.661. The molecule has 0 aromatic heterocycles. The molecule has 1 aliphatic rings. The van der Waals surface area contributed by atoms with E-state index in [1.165, 1.54) is 17.0 Å². The van der Waals surface area contributed by atoms with Crippen molar-refractivity contribution in [1.29, 1.82) is 0 Å². The van der Waals surface area contributed by atoms with Crippen LogP contribution in [-0.2, 0) is 29.2 Å². The maximum Gasteiger partial charge on any atom is 0.255 e. The minimum atomic E-state index is -1.92. The van der Waals surface area contributed by atoms with E-state index in [1.807, 2.05) is 24.3 Å². The zero-order valence-corrected chi connectivity index (χ0v) is 15.8. The van der Waals surface area contributed by atoms with Gasteiger partial charge in [-0.25, -0.2) is 4.39 Å². The number of aliphatic hydroxyl groups excluding tert-OH is 2. The molecule has 0 fully saturated rings. The summed E-state index contributed by atoms with van der Waals surface area (Å²) in [6.45, 7) is 0.591. The van der Waals surface area contributed by atoms with Crippen LogP contribution in [0.1, 0.15) is 16.7 Å². The highest BCUT2D eigenvalue weighted by molar-refractivity contribution is 9.10. The summed E-state index contributed by atoms with van der Waals surface area (Å²) in [5.41, 5.74) is 2.41. The molecule has 142 valence electrons. The van der Waals surface area contributed by atoms with Crippen molar-refractivity contribution >= 4 is 27.7 Å². The van der Waals surface area contributed by atoms with Gasteiger partial charge in [-0.1, -0.05) is 30.3 Å². The molecule has 0 bridgehead atoms. The second kappa shape index (κ2) is 8.16. The lowest BCUT2D eigenvalue weighted by molar-refractivity contribution is -0.153. The van der Waals surface area contributed by atoms with Crippen molar-refractivity contribution in [2.75, 3.05) is 0 Å². The van der Waals surface area contributed by atoms with E-state index >= 15 is 0 Å². The van der Waals surface area contributed by atoms with Crippen LogP contribution in [0, 0.1) is 5.82 Å². The molecule has 2 amide bonds. The number of amides is 2. The number of fused-ring (bicyclic) bond motifs is 1. The fourth-order valence-electron chi connectivity index (χ4n) is 2.90. The molecule has 8 heteroatoms. The number of aliphatic hydroxyl groups is 2. The Kier molecular flexibility index (Phi) is 5.88. The molecule has 2 atom stereocenters. The van der Waals surface area contributed by atoms with Crippen molar-refractivity contribution in [3.8, 4) is 0 Å². The number of benzene rings is 2. The second-order valence-electron chi connectivity index (χ2n) is 6.32. The Labute approximate surface area is 163 Å². The number of rotatable bonds is 5. The minimum Gasteiger partial charge on any atom is -0.380 e. The van der Waals surface area contributed by atoms with Gasteiger partial charge >= 0.3 is 0 Å². The van der Waals surface area contributed by atoms with Gasteiger partial charge in [-0.2, -0.15) is 0 Å². The maximum atomic E-state index is 13.5. The fourth-order valence-corrected chi connectivity index (χ4v) is 3.14. The molecule has 6 nitrogen and oxygen atoms in total. The summed E-state index contributed by atoms with van der Waals surface area (Å²) < 4.78 is 13.8. The summed E-state index contributed by atoms with van der Waals surface area (Å²) in [4.78, 5) is 25.8. The predicted molar refractivity (Wildman–Crippen MR) is 98.7 cm³/mol. The average Bonchev–Trinajstić information content (AvgIpc) is 3.11. The highest BCUT2D eigenvalue weighted by Gasteiger charge is 2.35. The summed E-state index contributed by atoms with van der Waals surface area (Å²) in [5, 5.41) is 22.5. The van der Waals surface area contributed by atoms with Gasteiger partial charge in [0.05, 0.1) is 4.47 Å². The first kappa shape index (κ1) is 19.5. The monoisotopic (exact) mass is 436 g/mol. The highest BCUT2D eigenvalue weighted by Crippen LogP contribution is 2.23. The van der Waals surface area contributed by atoms with E-state index in [-0.39, 0.29) is 6.54 Å². The molecule has 27 heavy (non-hydrogen) atoms. The van der Waals surface area contributed by atoms with Gasteiger partial charge in [-0.15, -0.1) is 0 Å². The summed E-state index contributed by atoms with van der Waals surface area (Å²) in [6.07, 6.45) is -3.79. The van der Waals surface area contributed by atoms with Crippen molar-refractivity contribution in [1.82, 2.24) is 10.2 Å². The van der Waals surface area contributed by atoms with Crippen molar-refractivity contribution in [2.45, 2.75) is 31.8 Å². The molecule has 2 aromatic rings. The number of carbonyl (C=O) groups excluding carboxylic acids is 2. The molecular weight excluding hydrogens is 419 g/mol. The predicted octanol–water partition coefficient (Wildman–Crippen LogP) is 1.47. The third-order valence-electron chi connectivity index (χ3n) is 4.42. The first-order valence-corrected chi connectivity index (χ1v) is 9.09. The fraction of sp³-hybridized carbons (Fsp3) is 0.263. The van der Waals surface area contributed by atoms with E-state index in [9.17, 15) is 24.2 Å². The Hall–Kier alpha value is -2.29. The number of hydrogen-bond donors (Lipinski definition) is 3. The van der Waals surface area contributed by atoms with Crippen molar-refractivity contribution in [3.05, 3.63) is 69.4 Å². The number of carbonyl (C=O) groups is 2. The van der Waals surface area contributed by atoms with E-state index in [4.69, 9.17) is 0 Å². The third-order valence-corrected chi connectivity index (χ3v) is 5.07. The molecule has 2 aromatic carbocycles. The molecule has 1 aliphatic heterocycles. The number of halogens is 2. The highest BCUT2D eigenvalue weighted by atomic mass is 79.9. The van der Waals surface area contributed by atoms with Crippen LogP contribution in [0.25, 0.3) is 0 Å². The van der Waals surface area contributed by atoms with Crippen LogP contribution < -0.4 is 5.32 Å². The van der Waals surface area contributed by atoms with E-state index in [1.54, 1.807) is 6.07 Å². The Morgan fingerprint density at radius 2 is 1.74 bits per heavy atom. The van der Waals surface area contributed by atoms with E-state index < -0.39 is 29.8 Å². The van der Waals surface area contributed by atoms with Crippen LogP contribution in [-0.4, -0.2) is 39.1 Å². The van der Waals surface area contributed by atoms with E-state index in [0.29, 0.717) is 23.1 Å². The van der Waals surface area contributed by atoms with Gasteiger partial charge in [0, 0.05) is 19.6 Å². The Balaban J connectivity index is 1.56. The first-order valence-electron chi connectivity index (χ1n) is 8.30. The molecule has 3 N–H and O–H groups in total. The van der Waals surface area contributed by atoms with Crippen LogP contribution in [0.15, 0.2) is 46.9 Å². The van der Waals surface area contributed by atoms with Gasteiger partial charge in [0.15, 0.2) is 12.2 Å². The molecule has 0 aliphatic carbocycles. The standard InChI is InChI=1S/C19H18BrFN2O4/c20-14-6-5-11(7-15(14)21)8-22-18(26)16(24)17(25)19(27)23-9-12-3-1-2-4-13(12)10-23/h1-7,16-17,24-25H,8-10H2,(H,22,26)/t16-,17-/m1/s1. The lowest BCUT2D eigenvalue weighted by Gasteiger charge is -2.22. The second-order valence-corrected chi connectivity index (χ2v) is 7.17. The molecule has 0 saturated carbocycles. The summed E-state index contributed by atoms with van der Waals surface area (Å²) in [6, 6.07) is 11.8. The molecule has 1 heterocycles. The Morgan fingerprint density at radius 3 is 2.33 bits per heavy atom. The number of hydrogen-bond acceptors (Lipinski definition) is 4.